The fourth-order valence-corrected chi connectivity index (χ4v) is 3.09. The molecule has 5 heteroatoms. The highest BCUT2D eigenvalue weighted by Gasteiger charge is 2.33. The molecule has 0 aromatic heterocycles. The molecule has 0 unspecified atom stereocenters. The van der Waals surface area contributed by atoms with Gasteiger partial charge in [0.05, 0.1) is 31.0 Å². The van der Waals surface area contributed by atoms with Gasteiger partial charge >= 0.3 is 5.97 Å². The van der Waals surface area contributed by atoms with Crippen LogP contribution in [0.3, 0.4) is 0 Å². The number of aliphatic hydroxyl groups is 2. The third-order valence-corrected chi connectivity index (χ3v) is 4.48. The molecule has 5 nitrogen and oxygen atoms in total. The predicted molar refractivity (Wildman–Crippen MR) is 89.2 cm³/mol. The molecular weight excluding hydrogens is 296 g/mol. The van der Waals surface area contributed by atoms with E-state index in [0.717, 1.165) is 51.4 Å². The second kappa shape index (κ2) is 11.8. The minimum Gasteiger partial charge on any atom is -0.466 e. The summed E-state index contributed by atoms with van der Waals surface area (Å²) in [6.07, 6.45) is 7.01. The van der Waals surface area contributed by atoms with Gasteiger partial charge < -0.3 is 19.7 Å². The maximum Gasteiger partial charge on any atom is 0.305 e. The Morgan fingerprint density at radius 3 is 2.13 bits per heavy atom. The molecule has 2 N–H and O–H groups in total. The minimum atomic E-state index is -0.509. The van der Waals surface area contributed by atoms with Gasteiger partial charge in [0, 0.05) is 6.42 Å². The van der Waals surface area contributed by atoms with Crippen molar-refractivity contribution in [1.82, 2.24) is 0 Å². The maximum absolute atomic E-state index is 11.2. The van der Waals surface area contributed by atoms with E-state index in [9.17, 15) is 15.0 Å². The summed E-state index contributed by atoms with van der Waals surface area (Å²) in [7, 11) is 0. The third kappa shape index (κ3) is 8.13. The van der Waals surface area contributed by atoms with E-state index < -0.39 is 12.2 Å². The van der Waals surface area contributed by atoms with Crippen LogP contribution in [-0.2, 0) is 14.3 Å². The van der Waals surface area contributed by atoms with E-state index in [0.29, 0.717) is 19.4 Å². The van der Waals surface area contributed by atoms with Crippen LogP contribution in [0.2, 0.25) is 0 Å². The highest BCUT2D eigenvalue weighted by Crippen LogP contribution is 2.28. The number of esters is 1. The van der Waals surface area contributed by atoms with Gasteiger partial charge in [-0.1, -0.05) is 32.6 Å². The number of carbonyl (C=O) groups is 1. The number of rotatable bonds is 12. The van der Waals surface area contributed by atoms with Crippen molar-refractivity contribution in [2.24, 2.45) is 0 Å². The fourth-order valence-electron chi connectivity index (χ4n) is 3.09. The van der Waals surface area contributed by atoms with Crippen LogP contribution in [0.5, 0.6) is 0 Å². The standard InChI is InChI=1S/C18H34O5/c1-3-5-6-9-14(19)16-12-13-17(23-16)15(20)10-7-8-11-18(21)22-4-2/h14-17,19-20H,3-13H2,1-2H3/t14-,15+,16+,17+/m0/s1. The first-order valence-corrected chi connectivity index (χ1v) is 9.25. The first-order chi connectivity index (χ1) is 11.1. The summed E-state index contributed by atoms with van der Waals surface area (Å²) >= 11 is 0. The lowest BCUT2D eigenvalue weighted by Gasteiger charge is -2.22. The van der Waals surface area contributed by atoms with Crippen molar-refractivity contribution in [2.75, 3.05) is 6.61 Å². The Balaban J connectivity index is 2.15. The molecular formula is C18H34O5. The second-order valence-electron chi connectivity index (χ2n) is 6.47. The minimum absolute atomic E-state index is 0.133. The van der Waals surface area contributed by atoms with Gasteiger partial charge in [-0.3, -0.25) is 4.79 Å². The number of hydrogen-bond donors (Lipinski definition) is 2. The molecule has 0 saturated carbocycles. The normalized spacial score (nSPS) is 23.7. The molecule has 136 valence electrons. The van der Waals surface area contributed by atoms with Gasteiger partial charge in [-0.15, -0.1) is 0 Å². The molecule has 1 fully saturated rings. The Hall–Kier alpha value is -0.650. The van der Waals surface area contributed by atoms with Crippen LogP contribution in [0.25, 0.3) is 0 Å². The molecule has 1 aliphatic rings. The molecule has 0 bridgehead atoms. The van der Waals surface area contributed by atoms with Crippen LogP contribution < -0.4 is 0 Å². The molecule has 0 aromatic rings. The molecule has 0 radical (unpaired) electrons. The number of unbranched alkanes of at least 4 members (excludes halogenated alkanes) is 3. The van der Waals surface area contributed by atoms with Crippen molar-refractivity contribution in [3.63, 3.8) is 0 Å². The molecule has 0 amide bonds. The Kier molecular flexibility index (Phi) is 10.5. The van der Waals surface area contributed by atoms with Gasteiger partial charge in [0.2, 0.25) is 0 Å². The number of aliphatic hydroxyl groups excluding tert-OH is 2. The van der Waals surface area contributed by atoms with Crippen molar-refractivity contribution in [3.8, 4) is 0 Å². The highest BCUT2D eigenvalue weighted by molar-refractivity contribution is 5.69. The Morgan fingerprint density at radius 2 is 1.61 bits per heavy atom. The van der Waals surface area contributed by atoms with E-state index in [2.05, 4.69) is 6.92 Å². The zero-order chi connectivity index (χ0) is 17.1. The van der Waals surface area contributed by atoms with Crippen LogP contribution in [-0.4, -0.2) is 47.2 Å². The average molecular weight is 330 g/mol. The molecule has 23 heavy (non-hydrogen) atoms. The summed E-state index contributed by atoms with van der Waals surface area (Å²) in [5, 5.41) is 20.4. The summed E-state index contributed by atoms with van der Waals surface area (Å²) in [4.78, 5) is 11.2. The average Bonchev–Trinajstić information content (AvgIpc) is 3.02. The van der Waals surface area contributed by atoms with Crippen molar-refractivity contribution in [2.45, 2.75) is 102 Å². The van der Waals surface area contributed by atoms with Gasteiger partial charge in [0.15, 0.2) is 0 Å². The molecule has 1 heterocycles. The lowest BCUT2D eigenvalue weighted by atomic mass is 10.0. The molecule has 0 aromatic carbocycles. The van der Waals surface area contributed by atoms with Crippen molar-refractivity contribution in [1.29, 1.82) is 0 Å². The topological polar surface area (TPSA) is 76.0 Å². The Morgan fingerprint density at radius 1 is 1.04 bits per heavy atom. The van der Waals surface area contributed by atoms with Crippen LogP contribution in [0.4, 0.5) is 0 Å². The van der Waals surface area contributed by atoms with Gasteiger partial charge in [0.25, 0.3) is 0 Å². The van der Waals surface area contributed by atoms with Gasteiger partial charge in [-0.05, 0) is 39.0 Å². The molecule has 1 rings (SSSR count). The van der Waals surface area contributed by atoms with Gasteiger partial charge in [-0.25, -0.2) is 0 Å². The van der Waals surface area contributed by atoms with Gasteiger partial charge in [-0.2, -0.15) is 0 Å². The summed E-state index contributed by atoms with van der Waals surface area (Å²) in [6.45, 7) is 4.36. The SMILES string of the molecule is CCCCC[C@H](O)[C@H]1CC[C@H]([C@H](O)CCCCC(=O)OCC)O1. The van der Waals surface area contributed by atoms with E-state index in [-0.39, 0.29) is 18.2 Å². The summed E-state index contributed by atoms with van der Waals surface area (Å²) < 4.78 is 10.7. The Bertz CT molecular complexity index is 321. The lowest BCUT2D eigenvalue weighted by molar-refractivity contribution is -0.143. The molecule has 0 aliphatic carbocycles. The first kappa shape index (κ1) is 20.4. The highest BCUT2D eigenvalue weighted by atomic mass is 16.5. The van der Waals surface area contributed by atoms with E-state index in [1.54, 1.807) is 6.92 Å². The van der Waals surface area contributed by atoms with E-state index in [1.807, 2.05) is 0 Å². The lowest BCUT2D eigenvalue weighted by Crippen LogP contribution is -2.31. The van der Waals surface area contributed by atoms with Crippen LogP contribution >= 0.6 is 0 Å². The van der Waals surface area contributed by atoms with Crippen LogP contribution in [0.1, 0.15) is 78.1 Å². The smallest absolute Gasteiger partial charge is 0.305 e. The summed E-state index contributed by atoms with van der Waals surface area (Å²) in [5.74, 6) is -0.172. The van der Waals surface area contributed by atoms with E-state index in [4.69, 9.17) is 9.47 Å². The van der Waals surface area contributed by atoms with Gasteiger partial charge in [0.1, 0.15) is 0 Å². The predicted octanol–water partition coefficient (Wildman–Crippen LogP) is 2.96. The number of ether oxygens (including phenoxy) is 2. The van der Waals surface area contributed by atoms with E-state index in [1.165, 1.54) is 0 Å². The molecule has 1 saturated heterocycles. The summed E-state index contributed by atoms with van der Waals surface area (Å²) in [6, 6.07) is 0. The van der Waals surface area contributed by atoms with E-state index >= 15 is 0 Å². The zero-order valence-corrected chi connectivity index (χ0v) is 14.7. The largest absolute Gasteiger partial charge is 0.466 e. The van der Waals surface area contributed by atoms with Crippen molar-refractivity contribution in [3.05, 3.63) is 0 Å². The maximum atomic E-state index is 11.2. The van der Waals surface area contributed by atoms with Crippen LogP contribution in [0.15, 0.2) is 0 Å². The van der Waals surface area contributed by atoms with Crippen molar-refractivity contribution >= 4 is 5.97 Å². The molecule has 0 spiro atoms. The quantitative estimate of drug-likeness (QED) is 0.425. The monoisotopic (exact) mass is 330 g/mol. The first-order valence-electron chi connectivity index (χ1n) is 9.25. The Labute approximate surface area is 140 Å². The number of carbonyl (C=O) groups excluding carboxylic acids is 1. The second-order valence-corrected chi connectivity index (χ2v) is 6.47. The van der Waals surface area contributed by atoms with Crippen molar-refractivity contribution < 1.29 is 24.5 Å². The zero-order valence-electron chi connectivity index (χ0n) is 14.7. The van der Waals surface area contributed by atoms with Crippen LogP contribution in [0, 0.1) is 0 Å². The number of hydrogen-bond acceptors (Lipinski definition) is 5. The summed E-state index contributed by atoms with van der Waals surface area (Å²) in [5.41, 5.74) is 0. The molecule has 4 atom stereocenters. The third-order valence-electron chi connectivity index (χ3n) is 4.48. The molecule has 1 aliphatic heterocycles. The fraction of sp³-hybridized carbons (Fsp3) is 0.944.